The fourth-order valence-electron chi connectivity index (χ4n) is 1.35. The van der Waals surface area contributed by atoms with Crippen molar-refractivity contribution < 1.29 is 9.84 Å². The molecule has 2 rings (SSSR count). The summed E-state index contributed by atoms with van der Waals surface area (Å²) in [5.74, 6) is 0.759. The molecule has 0 spiro atoms. The van der Waals surface area contributed by atoms with Gasteiger partial charge < -0.3 is 14.8 Å². The predicted octanol–water partition coefficient (Wildman–Crippen LogP) is 2.40. The van der Waals surface area contributed by atoms with E-state index in [2.05, 4.69) is 4.98 Å². The summed E-state index contributed by atoms with van der Waals surface area (Å²) in [5.41, 5.74) is 1.62. The van der Waals surface area contributed by atoms with Crippen molar-refractivity contribution in [2.75, 3.05) is 7.11 Å². The van der Waals surface area contributed by atoms with Gasteiger partial charge in [0.05, 0.1) is 12.8 Å². The van der Waals surface area contributed by atoms with Gasteiger partial charge in [0.2, 0.25) is 0 Å². The molecule has 0 fully saturated rings. The lowest BCUT2D eigenvalue weighted by Gasteiger charge is -1.98. The number of H-pyrrole nitrogens is 1. The van der Waals surface area contributed by atoms with Gasteiger partial charge in [0.15, 0.2) is 5.88 Å². The third-order valence-electron chi connectivity index (χ3n) is 2.05. The van der Waals surface area contributed by atoms with E-state index >= 15 is 0 Å². The molecule has 1 aromatic heterocycles. The van der Waals surface area contributed by atoms with Gasteiger partial charge in [-0.25, -0.2) is 0 Å². The molecule has 0 saturated carbocycles. The maximum atomic E-state index is 9.60. The summed E-state index contributed by atoms with van der Waals surface area (Å²) in [6.07, 6.45) is 0. The number of aromatic nitrogens is 1. The second-order valence-corrected chi connectivity index (χ2v) is 2.96. The zero-order valence-electron chi connectivity index (χ0n) is 7.82. The minimum Gasteiger partial charge on any atom is -0.506 e. The number of nitrogens with one attached hydrogen (secondary N) is 1. The van der Waals surface area contributed by atoms with Crippen molar-refractivity contribution in [1.29, 1.82) is 0 Å². The Labute approximate surface area is 82.0 Å². The van der Waals surface area contributed by atoms with Crippen LogP contribution in [0.4, 0.5) is 0 Å². The molecule has 14 heavy (non-hydrogen) atoms. The minimum atomic E-state index is 0.202. The standard InChI is InChI=1S/C11H11NO2/c1-14-10-7-9(13)11(12-10)8-5-3-2-4-6-8/h2-7,12-13H,1H3. The fraction of sp³-hybridized carbons (Fsp3) is 0.0909. The van der Waals surface area contributed by atoms with E-state index in [1.165, 1.54) is 0 Å². The van der Waals surface area contributed by atoms with Crippen molar-refractivity contribution in [2.24, 2.45) is 0 Å². The first-order valence-electron chi connectivity index (χ1n) is 4.32. The van der Waals surface area contributed by atoms with Crippen LogP contribution in [0.5, 0.6) is 11.6 Å². The number of ether oxygens (including phenoxy) is 1. The average Bonchev–Trinajstić information content (AvgIpc) is 2.61. The molecule has 1 heterocycles. The van der Waals surface area contributed by atoms with Crippen LogP contribution < -0.4 is 4.74 Å². The van der Waals surface area contributed by atoms with Gasteiger partial charge in [-0.3, -0.25) is 0 Å². The van der Waals surface area contributed by atoms with Gasteiger partial charge in [0.1, 0.15) is 5.75 Å². The maximum absolute atomic E-state index is 9.60. The average molecular weight is 189 g/mol. The number of hydrogen-bond acceptors (Lipinski definition) is 2. The van der Waals surface area contributed by atoms with Crippen LogP contribution in [0.1, 0.15) is 0 Å². The van der Waals surface area contributed by atoms with Crippen LogP contribution in [0.15, 0.2) is 36.4 Å². The Bertz CT molecular complexity index is 420. The van der Waals surface area contributed by atoms with Crippen LogP contribution in [0, 0.1) is 0 Å². The Morgan fingerprint density at radius 1 is 1.21 bits per heavy atom. The molecule has 0 aliphatic heterocycles. The molecule has 0 radical (unpaired) electrons. The summed E-state index contributed by atoms with van der Waals surface area (Å²) in [7, 11) is 1.56. The third-order valence-corrected chi connectivity index (χ3v) is 2.05. The lowest BCUT2D eigenvalue weighted by molar-refractivity contribution is 0.399. The monoisotopic (exact) mass is 189 g/mol. The minimum absolute atomic E-state index is 0.202. The van der Waals surface area contributed by atoms with E-state index in [0.717, 1.165) is 5.56 Å². The molecule has 0 aliphatic carbocycles. The Morgan fingerprint density at radius 3 is 2.50 bits per heavy atom. The summed E-state index contributed by atoms with van der Waals surface area (Å²) in [4.78, 5) is 2.98. The summed E-state index contributed by atoms with van der Waals surface area (Å²) in [6, 6.07) is 11.2. The van der Waals surface area contributed by atoms with Crippen molar-refractivity contribution in [3.8, 4) is 22.9 Å². The highest BCUT2D eigenvalue weighted by molar-refractivity contribution is 5.67. The second-order valence-electron chi connectivity index (χ2n) is 2.96. The van der Waals surface area contributed by atoms with Crippen molar-refractivity contribution >= 4 is 0 Å². The van der Waals surface area contributed by atoms with Crippen LogP contribution in [0.25, 0.3) is 11.3 Å². The van der Waals surface area contributed by atoms with Gasteiger partial charge in [-0.1, -0.05) is 30.3 Å². The lowest BCUT2D eigenvalue weighted by atomic mass is 10.1. The molecule has 0 atom stereocenters. The predicted molar refractivity (Wildman–Crippen MR) is 54.4 cm³/mol. The largest absolute Gasteiger partial charge is 0.506 e. The van der Waals surface area contributed by atoms with Crippen LogP contribution in [0.3, 0.4) is 0 Å². The number of benzene rings is 1. The Kier molecular flexibility index (Phi) is 2.14. The molecule has 1 aromatic carbocycles. The van der Waals surface area contributed by atoms with E-state index in [0.29, 0.717) is 11.6 Å². The SMILES string of the molecule is COc1cc(O)c(-c2ccccc2)[nH]1. The van der Waals surface area contributed by atoms with Crippen molar-refractivity contribution in [3.05, 3.63) is 36.4 Å². The van der Waals surface area contributed by atoms with E-state index in [9.17, 15) is 5.11 Å². The number of aromatic hydroxyl groups is 1. The highest BCUT2D eigenvalue weighted by Gasteiger charge is 2.08. The van der Waals surface area contributed by atoms with E-state index in [1.807, 2.05) is 30.3 Å². The molecular weight excluding hydrogens is 178 g/mol. The topological polar surface area (TPSA) is 45.2 Å². The van der Waals surface area contributed by atoms with Gasteiger partial charge >= 0.3 is 0 Å². The van der Waals surface area contributed by atoms with Crippen LogP contribution in [0.2, 0.25) is 0 Å². The summed E-state index contributed by atoms with van der Waals surface area (Å²) < 4.78 is 4.98. The quantitative estimate of drug-likeness (QED) is 0.761. The summed E-state index contributed by atoms with van der Waals surface area (Å²) in [5, 5.41) is 9.60. The molecule has 2 aromatic rings. The van der Waals surface area contributed by atoms with Crippen molar-refractivity contribution in [3.63, 3.8) is 0 Å². The zero-order chi connectivity index (χ0) is 9.97. The van der Waals surface area contributed by atoms with Crippen LogP contribution in [-0.2, 0) is 0 Å². The van der Waals surface area contributed by atoms with Gasteiger partial charge in [-0.15, -0.1) is 0 Å². The first-order valence-corrected chi connectivity index (χ1v) is 4.32. The normalized spacial score (nSPS) is 10.1. The highest BCUT2D eigenvalue weighted by atomic mass is 16.5. The third kappa shape index (κ3) is 1.44. The number of rotatable bonds is 2. The first-order chi connectivity index (χ1) is 6.81. The van der Waals surface area contributed by atoms with Crippen molar-refractivity contribution in [2.45, 2.75) is 0 Å². The van der Waals surface area contributed by atoms with Crippen molar-refractivity contribution in [1.82, 2.24) is 4.98 Å². The lowest BCUT2D eigenvalue weighted by Crippen LogP contribution is -1.81. The molecular formula is C11H11NO2. The molecule has 0 unspecified atom stereocenters. The van der Waals surface area contributed by atoms with E-state index in [1.54, 1.807) is 13.2 Å². The second kappa shape index (κ2) is 3.46. The molecule has 0 amide bonds. The number of aromatic amines is 1. The van der Waals surface area contributed by atoms with E-state index in [4.69, 9.17) is 4.74 Å². The zero-order valence-corrected chi connectivity index (χ0v) is 7.82. The fourth-order valence-corrected chi connectivity index (χ4v) is 1.35. The smallest absolute Gasteiger partial charge is 0.194 e. The molecule has 0 aliphatic rings. The molecule has 0 saturated heterocycles. The molecule has 3 nitrogen and oxygen atoms in total. The highest BCUT2D eigenvalue weighted by Crippen LogP contribution is 2.31. The summed E-state index contributed by atoms with van der Waals surface area (Å²) in [6.45, 7) is 0. The van der Waals surface area contributed by atoms with Gasteiger partial charge in [0, 0.05) is 11.6 Å². The first kappa shape index (κ1) is 8.69. The van der Waals surface area contributed by atoms with Crippen LogP contribution >= 0.6 is 0 Å². The molecule has 2 N–H and O–H groups in total. The van der Waals surface area contributed by atoms with Crippen LogP contribution in [-0.4, -0.2) is 17.2 Å². The maximum Gasteiger partial charge on any atom is 0.194 e. The molecule has 3 heteroatoms. The number of methoxy groups -OCH3 is 1. The van der Waals surface area contributed by atoms with Gasteiger partial charge in [-0.05, 0) is 0 Å². The number of hydrogen-bond donors (Lipinski definition) is 2. The summed E-state index contributed by atoms with van der Waals surface area (Å²) >= 11 is 0. The molecule has 0 bridgehead atoms. The van der Waals surface area contributed by atoms with E-state index in [-0.39, 0.29) is 5.75 Å². The Morgan fingerprint density at radius 2 is 1.93 bits per heavy atom. The van der Waals surface area contributed by atoms with E-state index < -0.39 is 0 Å². The molecule has 72 valence electrons. The van der Waals surface area contributed by atoms with Gasteiger partial charge in [-0.2, -0.15) is 0 Å². The Balaban J connectivity index is 2.46. The van der Waals surface area contributed by atoms with Gasteiger partial charge in [0.25, 0.3) is 0 Å². The Hall–Kier alpha value is -1.90.